The lowest BCUT2D eigenvalue weighted by molar-refractivity contribution is 0.0206. The van der Waals surface area contributed by atoms with Crippen molar-refractivity contribution in [1.29, 1.82) is 0 Å². The van der Waals surface area contributed by atoms with Gasteiger partial charge >= 0.3 is 6.16 Å². The van der Waals surface area contributed by atoms with Crippen LogP contribution in [0.25, 0.3) is 0 Å². The molecule has 3 aromatic rings. The predicted octanol–water partition coefficient (Wildman–Crippen LogP) is 8.18. The SMILES string of the molecule is CC(CC(CC(C)c1ccc(OC(=O)OC(C)(C)C)cc1)c1ccccc1)c1ccc(O)cc1. The highest BCUT2D eigenvalue weighted by Crippen LogP contribution is 2.37. The Kier molecular flexibility index (Phi) is 8.38. The van der Waals surface area contributed by atoms with Gasteiger partial charge in [0.1, 0.15) is 17.1 Å². The summed E-state index contributed by atoms with van der Waals surface area (Å²) in [5.41, 5.74) is 3.18. The number of phenolic OH excluding ortho intramolecular Hbond substituents is 1. The summed E-state index contributed by atoms with van der Waals surface area (Å²) in [6, 6.07) is 25.9. The van der Waals surface area contributed by atoms with Crippen molar-refractivity contribution in [2.45, 2.75) is 70.8 Å². The smallest absolute Gasteiger partial charge is 0.508 e. The van der Waals surface area contributed by atoms with Crippen LogP contribution in [0.3, 0.4) is 0 Å². The molecule has 4 heteroatoms. The van der Waals surface area contributed by atoms with Crippen LogP contribution >= 0.6 is 0 Å². The summed E-state index contributed by atoms with van der Waals surface area (Å²) in [4.78, 5) is 11.9. The minimum Gasteiger partial charge on any atom is -0.508 e. The average molecular weight is 461 g/mol. The average Bonchev–Trinajstić information content (AvgIpc) is 2.78. The molecule has 0 aromatic heterocycles. The largest absolute Gasteiger partial charge is 0.514 e. The number of phenols is 1. The van der Waals surface area contributed by atoms with Crippen LogP contribution in [0.2, 0.25) is 0 Å². The summed E-state index contributed by atoms with van der Waals surface area (Å²) >= 11 is 0. The molecule has 0 saturated carbocycles. The first-order valence-electron chi connectivity index (χ1n) is 12.0. The molecule has 3 unspecified atom stereocenters. The standard InChI is InChI=1S/C30H36O4/c1-21(23-11-15-27(31)16-12-23)19-26(25-9-7-6-8-10-25)20-22(2)24-13-17-28(18-14-24)33-29(32)34-30(3,4)5/h6-18,21-22,26,31H,19-20H2,1-5H3. The van der Waals surface area contributed by atoms with Crippen LogP contribution in [0, 0.1) is 0 Å². The second-order valence-corrected chi connectivity index (χ2v) is 10.1. The van der Waals surface area contributed by atoms with E-state index < -0.39 is 11.8 Å². The number of aromatic hydroxyl groups is 1. The van der Waals surface area contributed by atoms with Crippen molar-refractivity contribution in [2.75, 3.05) is 0 Å². The normalized spacial score (nSPS) is 14.1. The topological polar surface area (TPSA) is 55.8 Å². The summed E-state index contributed by atoms with van der Waals surface area (Å²) in [5.74, 6) is 1.85. The van der Waals surface area contributed by atoms with E-state index in [-0.39, 0.29) is 0 Å². The quantitative estimate of drug-likeness (QED) is 0.272. The van der Waals surface area contributed by atoms with Gasteiger partial charge in [0.25, 0.3) is 0 Å². The Morgan fingerprint density at radius 1 is 0.765 bits per heavy atom. The van der Waals surface area contributed by atoms with Crippen LogP contribution in [0.15, 0.2) is 78.9 Å². The van der Waals surface area contributed by atoms with Gasteiger partial charge in [0, 0.05) is 0 Å². The van der Waals surface area contributed by atoms with E-state index in [1.165, 1.54) is 16.7 Å². The van der Waals surface area contributed by atoms with Gasteiger partial charge in [0.2, 0.25) is 0 Å². The van der Waals surface area contributed by atoms with Crippen LogP contribution in [0.4, 0.5) is 4.79 Å². The van der Waals surface area contributed by atoms with Crippen LogP contribution in [0.1, 0.15) is 81.9 Å². The van der Waals surface area contributed by atoms with E-state index in [4.69, 9.17) is 9.47 Å². The van der Waals surface area contributed by atoms with Crippen molar-refractivity contribution >= 4 is 6.16 Å². The van der Waals surface area contributed by atoms with Gasteiger partial charge in [-0.05, 0) is 92.3 Å². The number of carbonyl (C=O) groups is 1. The summed E-state index contributed by atoms with van der Waals surface area (Å²) < 4.78 is 10.5. The molecule has 180 valence electrons. The molecule has 0 aliphatic rings. The van der Waals surface area contributed by atoms with E-state index in [0.717, 1.165) is 12.8 Å². The van der Waals surface area contributed by atoms with Crippen LogP contribution < -0.4 is 4.74 Å². The molecule has 0 bridgehead atoms. The maximum atomic E-state index is 11.9. The zero-order chi connectivity index (χ0) is 24.7. The van der Waals surface area contributed by atoms with Gasteiger partial charge in [0.15, 0.2) is 0 Å². The monoisotopic (exact) mass is 460 g/mol. The lowest BCUT2D eigenvalue weighted by Crippen LogP contribution is -2.25. The molecule has 3 rings (SSSR count). The molecule has 3 aromatic carbocycles. The fourth-order valence-electron chi connectivity index (χ4n) is 4.25. The third-order valence-electron chi connectivity index (χ3n) is 6.05. The Morgan fingerprint density at radius 2 is 1.26 bits per heavy atom. The van der Waals surface area contributed by atoms with Crippen molar-refractivity contribution in [3.63, 3.8) is 0 Å². The summed E-state index contributed by atoms with van der Waals surface area (Å²) in [5, 5.41) is 9.63. The van der Waals surface area contributed by atoms with Gasteiger partial charge in [-0.3, -0.25) is 0 Å². The number of carbonyl (C=O) groups excluding carboxylic acids is 1. The fraction of sp³-hybridized carbons (Fsp3) is 0.367. The van der Waals surface area contributed by atoms with Gasteiger partial charge in [-0.1, -0.05) is 68.4 Å². The first-order chi connectivity index (χ1) is 16.1. The fourth-order valence-corrected chi connectivity index (χ4v) is 4.25. The maximum absolute atomic E-state index is 11.9. The molecule has 0 saturated heterocycles. The molecular formula is C30H36O4. The van der Waals surface area contributed by atoms with E-state index in [1.54, 1.807) is 12.1 Å². The van der Waals surface area contributed by atoms with E-state index in [9.17, 15) is 9.90 Å². The summed E-state index contributed by atoms with van der Waals surface area (Å²) in [6.45, 7) is 9.92. The Balaban J connectivity index is 1.69. The van der Waals surface area contributed by atoms with E-state index in [2.05, 4.69) is 44.2 Å². The van der Waals surface area contributed by atoms with Crippen LogP contribution in [-0.4, -0.2) is 16.9 Å². The third kappa shape index (κ3) is 7.65. The number of ether oxygens (including phenoxy) is 2. The Morgan fingerprint density at radius 3 is 1.76 bits per heavy atom. The zero-order valence-corrected chi connectivity index (χ0v) is 20.8. The molecule has 0 radical (unpaired) electrons. The number of benzene rings is 3. The highest BCUT2D eigenvalue weighted by atomic mass is 16.7. The minimum atomic E-state index is -0.694. The molecule has 1 N–H and O–H groups in total. The first-order valence-corrected chi connectivity index (χ1v) is 12.0. The van der Waals surface area contributed by atoms with Crippen molar-refractivity contribution in [2.24, 2.45) is 0 Å². The minimum absolute atomic E-state index is 0.295. The first kappa shape index (κ1) is 25.4. The predicted molar refractivity (Wildman–Crippen MR) is 137 cm³/mol. The molecular weight excluding hydrogens is 424 g/mol. The second-order valence-electron chi connectivity index (χ2n) is 10.1. The molecule has 0 aliphatic carbocycles. The van der Waals surface area contributed by atoms with E-state index >= 15 is 0 Å². The van der Waals surface area contributed by atoms with E-state index in [1.807, 2.05) is 57.2 Å². The van der Waals surface area contributed by atoms with Gasteiger partial charge in [-0.2, -0.15) is 0 Å². The second kappa shape index (κ2) is 11.2. The lowest BCUT2D eigenvalue weighted by atomic mass is 9.79. The van der Waals surface area contributed by atoms with Gasteiger partial charge in [0.05, 0.1) is 0 Å². The molecule has 3 atom stereocenters. The summed E-state index contributed by atoms with van der Waals surface area (Å²) in [6.07, 6.45) is 1.32. The zero-order valence-electron chi connectivity index (χ0n) is 20.8. The Labute approximate surface area is 203 Å². The van der Waals surface area contributed by atoms with Crippen molar-refractivity contribution in [3.8, 4) is 11.5 Å². The van der Waals surface area contributed by atoms with Crippen molar-refractivity contribution in [1.82, 2.24) is 0 Å². The molecule has 4 nitrogen and oxygen atoms in total. The third-order valence-corrected chi connectivity index (χ3v) is 6.05. The summed E-state index contributed by atoms with van der Waals surface area (Å²) in [7, 11) is 0. The van der Waals surface area contributed by atoms with Gasteiger partial charge in [-0.15, -0.1) is 0 Å². The molecule has 0 fully saturated rings. The molecule has 0 amide bonds. The molecule has 0 spiro atoms. The number of hydrogen-bond donors (Lipinski definition) is 1. The number of hydrogen-bond acceptors (Lipinski definition) is 4. The van der Waals surface area contributed by atoms with Crippen molar-refractivity contribution in [3.05, 3.63) is 95.6 Å². The van der Waals surface area contributed by atoms with Crippen molar-refractivity contribution < 1.29 is 19.4 Å². The number of rotatable bonds is 8. The molecule has 34 heavy (non-hydrogen) atoms. The van der Waals surface area contributed by atoms with Gasteiger partial charge < -0.3 is 14.6 Å². The molecule has 0 heterocycles. The van der Waals surface area contributed by atoms with Gasteiger partial charge in [-0.25, -0.2) is 4.79 Å². The van der Waals surface area contributed by atoms with Crippen LogP contribution in [0.5, 0.6) is 11.5 Å². The highest BCUT2D eigenvalue weighted by Gasteiger charge is 2.21. The lowest BCUT2D eigenvalue weighted by Gasteiger charge is -2.25. The Bertz CT molecular complexity index is 1030. The Hall–Kier alpha value is -3.27. The van der Waals surface area contributed by atoms with Crippen LogP contribution in [-0.2, 0) is 4.74 Å². The molecule has 0 aliphatic heterocycles. The maximum Gasteiger partial charge on any atom is 0.514 e. The highest BCUT2D eigenvalue weighted by molar-refractivity contribution is 5.64. The van der Waals surface area contributed by atoms with E-state index in [0.29, 0.717) is 29.3 Å².